The Balaban J connectivity index is 2.02. The molecule has 2 aromatic rings. The number of hydrogen-bond donors (Lipinski definition) is 3. The van der Waals surface area contributed by atoms with E-state index < -0.39 is 11.8 Å². The van der Waals surface area contributed by atoms with Crippen molar-refractivity contribution in [1.82, 2.24) is 10.6 Å². The summed E-state index contributed by atoms with van der Waals surface area (Å²) in [6.07, 6.45) is 1.40. The van der Waals surface area contributed by atoms with Crippen molar-refractivity contribution in [3.63, 3.8) is 0 Å². The Morgan fingerprint density at radius 1 is 1.07 bits per heavy atom. The molecular formula is C22H29FN4O. The number of hydrogen-bond acceptors (Lipinski definition) is 2. The monoisotopic (exact) mass is 384 g/mol. The number of aryl methyl sites for hydroxylation is 1. The van der Waals surface area contributed by atoms with Crippen molar-refractivity contribution in [2.75, 3.05) is 13.1 Å². The largest absolute Gasteiger partial charge is 0.369 e. The molecule has 0 fully saturated rings. The first-order valence-corrected chi connectivity index (χ1v) is 9.66. The van der Waals surface area contributed by atoms with Gasteiger partial charge in [0, 0.05) is 13.1 Å². The van der Waals surface area contributed by atoms with Crippen LogP contribution in [0.25, 0.3) is 0 Å². The summed E-state index contributed by atoms with van der Waals surface area (Å²) in [7, 11) is 0. The molecule has 150 valence electrons. The molecule has 0 bridgehead atoms. The van der Waals surface area contributed by atoms with Crippen molar-refractivity contribution in [2.24, 2.45) is 16.6 Å². The van der Waals surface area contributed by atoms with Crippen LogP contribution in [0, 0.1) is 11.7 Å². The third-order valence-corrected chi connectivity index (χ3v) is 4.56. The van der Waals surface area contributed by atoms with Gasteiger partial charge in [-0.25, -0.2) is 9.38 Å². The lowest BCUT2D eigenvalue weighted by Crippen LogP contribution is -2.43. The molecule has 4 N–H and O–H groups in total. The van der Waals surface area contributed by atoms with Crippen LogP contribution in [-0.4, -0.2) is 25.0 Å². The van der Waals surface area contributed by atoms with Gasteiger partial charge >= 0.3 is 0 Å². The number of amides is 1. The molecule has 2 rings (SSSR count). The highest BCUT2D eigenvalue weighted by molar-refractivity contribution is 5.81. The molecule has 0 spiro atoms. The van der Waals surface area contributed by atoms with Crippen LogP contribution in [0.2, 0.25) is 0 Å². The van der Waals surface area contributed by atoms with Crippen LogP contribution in [0.4, 0.5) is 4.39 Å². The van der Waals surface area contributed by atoms with Crippen molar-refractivity contribution in [2.45, 2.75) is 33.2 Å². The summed E-state index contributed by atoms with van der Waals surface area (Å²) in [5.41, 5.74) is 8.88. The first-order chi connectivity index (χ1) is 13.5. The fourth-order valence-electron chi connectivity index (χ4n) is 2.96. The van der Waals surface area contributed by atoms with Gasteiger partial charge < -0.3 is 16.4 Å². The van der Waals surface area contributed by atoms with E-state index >= 15 is 0 Å². The fourth-order valence-corrected chi connectivity index (χ4v) is 2.96. The Morgan fingerprint density at radius 2 is 1.75 bits per heavy atom. The van der Waals surface area contributed by atoms with Crippen LogP contribution in [0.15, 0.2) is 53.5 Å². The van der Waals surface area contributed by atoms with Crippen molar-refractivity contribution in [1.29, 1.82) is 0 Å². The molecule has 1 amide bonds. The second kappa shape index (κ2) is 11.1. The van der Waals surface area contributed by atoms with Crippen molar-refractivity contribution in [3.05, 3.63) is 71.0 Å². The number of halogens is 1. The minimum Gasteiger partial charge on any atom is -0.369 e. The van der Waals surface area contributed by atoms with Gasteiger partial charge in [-0.15, -0.1) is 0 Å². The van der Waals surface area contributed by atoms with Crippen molar-refractivity contribution < 1.29 is 9.18 Å². The zero-order valence-electron chi connectivity index (χ0n) is 16.5. The molecule has 0 radical (unpaired) electrons. The molecule has 0 aliphatic rings. The van der Waals surface area contributed by atoms with Crippen LogP contribution in [0.3, 0.4) is 0 Å². The minimum atomic E-state index is -0.419. The van der Waals surface area contributed by atoms with E-state index in [9.17, 15) is 9.18 Å². The van der Waals surface area contributed by atoms with E-state index in [0.29, 0.717) is 32.0 Å². The second-order valence-electron chi connectivity index (χ2n) is 6.63. The second-order valence-corrected chi connectivity index (χ2v) is 6.63. The number of primary amides is 1. The number of nitrogens with zero attached hydrogens (tertiary/aromatic N) is 1. The lowest BCUT2D eigenvalue weighted by Gasteiger charge is -2.17. The Bertz CT molecular complexity index is 789. The van der Waals surface area contributed by atoms with Gasteiger partial charge in [-0.3, -0.25) is 4.79 Å². The van der Waals surface area contributed by atoms with Gasteiger partial charge in [0.25, 0.3) is 0 Å². The van der Waals surface area contributed by atoms with Crippen molar-refractivity contribution in [3.8, 4) is 0 Å². The van der Waals surface area contributed by atoms with Crippen LogP contribution in [0.5, 0.6) is 0 Å². The van der Waals surface area contributed by atoms with Gasteiger partial charge in [0.1, 0.15) is 5.82 Å². The molecule has 2 aromatic carbocycles. The fraction of sp³-hybridized carbons (Fsp3) is 0.364. The predicted octanol–water partition coefficient (Wildman–Crippen LogP) is 2.79. The van der Waals surface area contributed by atoms with E-state index in [0.717, 1.165) is 12.0 Å². The molecule has 0 heterocycles. The number of aliphatic imine (C=N–C) groups is 1. The number of carbonyl (C=O) groups is 1. The smallest absolute Gasteiger partial charge is 0.222 e. The summed E-state index contributed by atoms with van der Waals surface area (Å²) in [6, 6.07) is 14.3. The topological polar surface area (TPSA) is 79.5 Å². The molecule has 6 heteroatoms. The van der Waals surface area contributed by atoms with E-state index in [2.05, 4.69) is 34.7 Å². The number of carbonyl (C=O) groups excluding carboxylic acids is 1. The average Bonchev–Trinajstić information content (AvgIpc) is 2.70. The van der Waals surface area contributed by atoms with Gasteiger partial charge in [-0.05, 0) is 48.6 Å². The number of nitrogens with one attached hydrogen (secondary N) is 2. The summed E-state index contributed by atoms with van der Waals surface area (Å²) in [4.78, 5) is 16.5. The van der Waals surface area contributed by atoms with Crippen LogP contribution in [-0.2, 0) is 24.2 Å². The summed E-state index contributed by atoms with van der Waals surface area (Å²) in [6.45, 7) is 5.73. The minimum absolute atomic E-state index is 0.300. The Hall–Kier alpha value is -2.89. The van der Waals surface area contributed by atoms with E-state index in [4.69, 9.17) is 5.73 Å². The van der Waals surface area contributed by atoms with Crippen LogP contribution in [0.1, 0.15) is 30.5 Å². The van der Waals surface area contributed by atoms with Crippen molar-refractivity contribution >= 4 is 11.9 Å². The van der Waals surface area contributed by atoms with E-state index in [1.165, 1.54) is 23.3 Å². The highest BCUT2D eigenvalue weighted by Crippen LogP contribution is 2.11. The molecule has 0 aliphatic heterocycles. The Labute approximate surface area is 166 Å². The Kier molecular flexibility index (Phi) is 8.46. The lowest BCUT2D eigenvalue weighted by atomic mass is 9.98. The molecule has 0 saturated heterocycles. The molecule has 0 aliphatic carbocycles. The van der Waals surface area contributed by atoms with E-state index in [-0.39, 0.29) is 5.82 Å². The summed E-state index contributed by atoms with van der Waals surface area (Å²) in [5, 5.41) is 6.40. The molecule has 0 saturated carbocycles. The third-order valence-electron chi connectivity index (χ3n) is 4.56. The number of nitrogens with two attached hydrogens (primary N) is 1. The zero-order chi connectivity index (χ0) is 20.4. The molecular weight excluding hydrogens is 355 g/mol. The Morgan fingerprint density at radius 3 is 2.36 bits per heavy atom. The van der Waals surface area contributed by atoms with Gasteiger partial charge in [-0.2, -0.15) is 0 Å². The summed E-state index contributed by atoms with van der Waals surface area (Å²) in [5.74, 6) is -0.480. The lowest BCUT2D eigenvalue weighted by molar-refractivity contribution is -0.121. The van der Waals surface area contributed by atoms with E-state index in [1.54, 1.807) is 12.1 Å². The normalized spacial score (nSPS) is 12.5. The maximum Gasteiger partial charge on any atom is 0.222 e. The average molecular weight is 384 g/mol. The zero-order valence-corrected chi connectivity index (χ0v) is 16.5. The van der Waals surface area contributed by atoms with Crippen LogP contribution < -0.4 is 16.4 Å². The highest BCUT2D eigenvalue weighted by Gasteiger charge is 2.17. The quantitative estimate of drug-likeness (QED) is 0.459. The first kappa shape index (κ1) is 21.4. The molecule has 0 aromatic heterocycles. The number of rotatable bonds is 9. The van der Waals surface area contributed by atoms with Gasteiger partial charge in [0.05, 0.1) is 12.5 Å². The maximum absolute atomic E-state index is 13.1. The predicted molar refractivity (Wildman–Crippen MR) is 111 cm³/mol. The molecule has 5 nitrogen and oxygen atoms in total. The standard InChI is InChI=1S/C22H29FN4O/c1-3-17-7-5-6-8-18(17)14-26-22(25-4-2)27-15-19(21(24)28)13-16-9-11-20(23)12-10-16/h5-12,19H,3-4,13-15H2,1-2H3,(H2,24,28)(H2,25,26,27). The van der Waals surface area contributed by atoms with E-state index in [1.807, 2.05) is 19.1 Å². The first-order valence-electron chi connectivity index (χ1n) is 9.66. The molecule has 1 unspecified atom stereocenters. The number of guanidine groups is 1. The van der Waals surface area contributed by atoms with Crippen LogP contribution >= 0.6 is 0 Å². The van der Waals surface area contributed by atoms with Gasteiger partial charge in [0.15, 0.2) is 5.96 Å². The SMILES string of the molecule is CCNC(=NCc1ccccc1CC)NCC(Cc1ccc(F)cc1)C(N)=O. The molecule has 1 atom stereocenters. The maximum atomic E-state index is 13.1. The number of benzene rings is 2. The van der Waals surface area contributed by atoms with Gasteiger partial charge in [-0.1, -0.05) is 43.3 Å². The summed E-state index contributed by atoms with van der Waals surface area (Å²) < 4.78 is 13.1. The molecule has 28 heavy (non-hydrogen) atoms. The summed E-state index contributed by atoms with van der Waals surface area (Å²) >= 11 is 0. The third kappa shape index (κ3) is 6.68. The highest BCUT2D eigenvalue weighted by atomic mass is 19.1. The van der Waals surface area contributed by atoms with Gasteiger partial charge in [0.2, 0.25) is 5.91 Å².